The van der Waals surface area contributed by atoms with Crippen molar-refractivity contribution < 1.29 is 9.47 Å². The molecule has 1 aromatic heterocycles. The van der Waals surface area contributed by atoms with Crippen molar-refractivity contribution >= 4 is 33.4 Å². The van der Waals surface area contributed by atoms with Gasteiger partial charge in [-0.3, -0.25) is 0 Å². The molecule has 2 N–H and O–H groups in total. The number of fused-ring (bicyclic) bond motifs is 4. The zero-order valence-electron chi connectivity index (χ0n) is 16.5. The average Bonchev–Trinajstić information content (AvgIpc) is 2.77. The number of nitrogens with zero attached hydrogens (tertiary/aromatic N) is 3. The first-order valence-corrected chi connectivity index (χ1v) is 9.61. The molecule has 0 aliphatic carbocycles. The number of methoxy groups -OCH3 is 2. The highest BCUT2D eigenvalue weighted by Crippen LogP contribution is 2.35. The van der Waals surface area contributed by atoms with Crippen LogP contribution in [0, 0.1) is 0 Å². The number of nitrogens with two attached hydrogens (primary N) is 1. The Kier molecular flexibility index (Phi) is 4.12. The Morgan fingerprint density at radius 2 is 1.72 bits per heavy atom. The van der Waals surface area contributed by atoms with E-state index in [4.69, 9.17) is 20.2 Å². The summed E-state index contributed by atoms with van der Waals surface area (Å²) in [6.07, 6.45) is 0.952. The second-order valence-corrected chi connectivity index (χ2v) is 7.23. The maximum Gasteiger partial charge on any atom is 0.228 e. The van der Waals surface area contributed by atoms with E-state index in [0.29, 0.717) is 23.3 Å². The summed E-state index contributed by atoms with van der Waals surface area (Å²) < 4.78 is 10.8. The van der Waals surface area contributed by atoms with Crippen LogP contribution in [0.5, 0.6) is 11.5 Å². The van der Waals surface area contributed by atoms with Gasteiger partial charge in [0.05, 0.1) is 19.7 Å². The van der Waals surface area contributed by atoms with E-state index in [1.54, 1.807) is 14.2 Å². The fourth-order valence-electron chi connectivity index (χ4n) is 4.11. The van der Waals surface area contributed by atoms with E-state index >= 15 is 0 Å². The van der Waals surface area contributed by atoms with Gasteiger partial charge in [0, 0.05) is 24.5 Å². The number of anilines is 2. The predicted molar refractivity (Wildman–Crippen MR) is 116 cm³/mol. The van der Waals surface area contributed by atoms with Crippen LogP contribution in [0.3, 0.4) is 0 Å². The van der Waals surface area contributed by atoms with Crippen LogP contribution >= 0.6 is 0 Å². The molecule has 6 heteroatoms. The van der Waals surface area contributed by atoms with Crippen molar-refractivity contribution in [3.63, 3.8) is 0 Å². The molecule has 0 unspecified atom stereocenters. The first-order valence-electron chi connectivity index (χ1n) is 9.61. The van der Waals surface area contributed by atoms with E-state index < -0.39 is 0 Å². The Hall–Kier alpha value is -3.54. The normalized spacial score (nSPS) is 13.5. The second kappa shape index (κ2) is 6.81. The minimum Gasteiger partial charge on any atom is -0.493 e. The maximum atomic E-state index is 6.29. The largest absolute Gasteiger partial charge is 0.493 e. The SMILES string of the molecule is COc1cc2nc(N3CCc4ccc5ccccc5c4C3)nc(N)c2cc1OC. The average molecular weight is 386 g/mol. The third kappa shape index (κ3) is 2.88. The standard InChI is InChI=1S/C23H22N4O2/c1-28-20-11-17-19(12-21(20)29-2)25-23(26-22(17)24)27-10-9-15-8-7-14-5-3-4-6-16(14)18(15)13-27/h3-8,11-12H,9-10,13H2,1-2H3,(H2,24,25,26). The van der Waals surface area contributed by atoms with Crippen LogP contribution in [0.4, 0.5) is 11.8 Å². The lowest BCUT2D eigenvalue weighted by atomic mass is 9.94. The number of rotatable bonds is 3. The van der Waals surface area contributed by atoms with Gasteiger partial charge in [-0.2, -0.15) is 4.98 Å². The van der Waals surface area contributed by atoms with Crippen LogP contribution in [0.25, 0.3) is 21.7 Å². The summed E-state index contributed by atoms with van der Waals surface area (Å²) in [6.45, 7) is 1.61. The van der Waals surface area contributed by atoms with Crippen molar-refractivity contribution in [2.24, 2.45) is 0 Å². The molecule has 3 aromatic carbocycles. The highest BCUT2D eigenvalue weighted by atomic mass is 16.5. The van der Waals surface area contributed by atoms with E-state index in [-0.39, 0.29) is 0 Å². The number of hydrogen-bond acceptors (Lipinski definition) is 6. The van der Waals surface area contributed by atoms with Gasteiger partial charge >= 0.3 is 0 Å². The predicted octanol–water partition coefficient (Wildman–Crippen LogP) is 3.95. The molecule has 0 bridgehead atoms. The topological polar surface area (TPSA) is 73.5 Å². The van der Waals surface area contributed by atoms with E-state index in [0.717, 1.165) is 30.4 Å². The Labute approximate surface area is 168 Å². The first kappa shape index (κ1) is 17.6. The molecule has 1 aliphatic heterocycles. The van der Waals surface area contributed by atoms with Crippen molar-refractivity contribution in [2.45, 2.75) is 13.0 Å². The summed E-state index contributed by atoms with van der Waals surface area (Å²) in [6, 6.07) is 16.6. The number of aromatic nitrogens is 2. The molecule has 0 atom stereocenters. The van der Waals surface area contributed by atoms with Crippen LogP contribution in [0.15, 0.2) is 48.5 Å². The molecule has 29 heavy (non-hydrogen) atoms. The third-order valence-corrected chi connectivity index (χ3v) is 5.64. The highest BCUT2D eigenvalue weighted by molar-refractivity contribution is 5.92. The molecule has 1 aliphatic rings. The molecule has 2 heterocycles. The van der Waals surface area contributed by atoms with Gasteiger partial charge < -0.3 is 20.1 Å². The fourth-order valence-corrected chi connectivity index (χ4v) is 4.11. The molecule has 0 saturated heterocycles. The van der Waals surface area contributed by atoms with E-state index in [2.05, 4.69) is 46.3 Å². The summed E-state index contributed by atoms with van der Waals surface area (Å²) in [7, 11) is 3.21. The van der Waals surface area contributed by atoms with Crippen LogP contribution in [-0.4, -0.2) is 30.7 Å². The lowest BCUT2D eigenvalue weighted by Gasteiger charge is -2.30. The van der Waals surface area contributed by atoms with Gasteiger partial charge in [0.25, 0.3) is 0 Å². The maximum absolute atomic E-state index is 6.29. The summed E-state index contributed by atoms with van der Waals surface area (Å²) in [4.78, 5) is 11.6. The Bertz CT molecular complexity index is 1240. The molecule has 5 rings (SSSR count). The molecule has 0 spiro atoms. The van der Waals surface area contributed by atoms with E-state index in [9.17, 15) is 0 Å². The molecular formula is C23H22N4O2. The van der Waals surface area contributed by atoms with E-state index in [1.165, 1.54) is 21.9 Å². The minimum absolute atomic E-state index is 0.440. The highest BCUT2D eigenvalue weighted by Gasteiger charge is 2.22. The van der Waals surface area contributed by atoms with Gasteiger partial charge in [0.15, 0.2) is 11.5 Å². The zero-order chi connectivity index (χ0) is 20.0. The Balaban J connectivity index is 1.59. The monoisotopic (exact) mass is 386 g/mol. The fraction of sp³-hybridized carbons (Fsp3) is 0.217. The van der Waals surface area contributed by atoms with Crippen LogP contribution < -0.4 is 20.1 Å². The molecule has 0 fully saturated rings. The van der Waals surface area contributed by atoms with E-state index in [1.807, 2.05) is 12.1 Å². The number of ether oxygens (including phenoxy) is 2. The van der Waals surface area contributed by atoms with Gasteiger partial charge in [-0.1, -0.05) is 36.4 Å². The second-order valence-electron chi connectivity index (χ2n) is 7.23. The Morgan fingerprint density at radius 3 is 2.55 bits per heavy atom. The number of nitrogen functional groups attached to an aromatic ring is 1. The molecule has 0 saturated carbocycles. The smallest absolute Gasteiger partial charge is 0.228 e. The van der Waals surface area contributed by atoms with Crippen LogP contribution in [0.2, 0.25) is 0 Å². The van der Waals surface area contributed by atoms with Gasteiger partial charge in [0.1, 0.15) is 5.82 Å². The molecule has 0 amide bonds. The van der Waals surface area contributed by atoms with Crippen molar-refractivity contribution in [2.75, 3.05) is 31.4 Å². The zero-order valence-corrected chi connectivity index (χ0v) is 16.5. The van der Waals surface area contributed by atoms with Crippen LogP contribution in [-0.2, 0) is 13.0 Å². The molecule has 6 nitrogen and oxygen atoms in total. The molecule has 0 radical (unpaired) electrons. The molecule has 4 aromatic rings. The summed E-state index contributed by atoms with van der Waals surface area (Å²) in [5.74, 6) is 2.32. The first-order chi connectivity index (χ1) is 14.2. The van der Waals surface area contributed by atoms with Crippen molar-refractivity contribution in [3.05, 3.63) is 59.7 Å². The molecule has 146 valence electrons. The lowest BCUT2D eigenvalue weighted by Crippen LogP contribution is -2.32. The number of benzene rings is 3. The lowest BCUT2D eigenvalue weighted by molar-refractivity contribution is 0.356. The van der Waals surface area contributed by atoms with Crippen molar-refractivity contribution in [3.8, 4) is 11.5 Å². The van der Waals surface area contributed by atoms with Gasteiger partial charge in [-0.05, 0) is 34.4 Å². The van der Waals surface area contributed by atoms with Crippen molar-refractivity contribution in [1.82, 2.24) is 9.97 Å². The Morgan fingerprint density at radius 1 is 0.931 bits per heavy atom. The van der Waals surface area contributed by atoms with Gasteiger partial charge in [-0.15, -0.1) is 0 Å². The summed E-state index contributed by atoms with van der Waals surface area (Å²) in [5.41, 5.74) is 9.76. The number of hydrogen-bond donors (Lipinski definition) is 1. The third-order valence-electron chi connectivity index (χ3n) is 5.64. The van der Waals surface area contributed by atoms with Crippen molar-refractivity contribution in [1.29, 1.82) is 0 Å². The van der Waals surface area contributed by atoms with Gasteiger partial charge in [0.2, 0.25) is 5.95 Å². The van der Waals surface area contributed by atoms with Crippen LogP contribution in [0.1, 0.15) is 11.1 Å². The molecular weight excluding hydrogens is 364 g/mol. The summed E-state index contributed by atoms with van der Waals surface area (Å²) >= 11 is 0. The summed E-state index contributed by atoms with van der Waals surface area (Å²) in [5, 5.41) is 3.30. The minimum atomic E-state index is 0.440. The van der Waals surface area contributed by atoms with Gasteiger partial charge in [-0.25, -0.2) is 4.98 Å². The quantitative estimate of drug-likeness (QED) is 0.575.